The number of nitro benzene ring substituents is 1. The Kier molecular flexibility index (Phi) is 7.76. The predicted molar refractivity (Wildman–Crippen MR) is 107 cm³/mol. The molecule has 1 amide bonds. The summed E-state index contributed by atoms with van der Waals surface area (Å²) in [5.74, 6) is 0.0249. The molecule has 7 nitrogen and oxygen atoms in total. The number of hydrogen-bond donors (Lipinski definition) is 2. The van der Waals surface area contributed by atoms with Crippen LogP contribution < -0.4 is 10.6 Å². The van der Waals surface area contributed by atoms with Crippen LogP contribution in [0.5, 0.6) is 0 Å². The third-order valence-electron chi connectivity index (χ3n) is 4.34. The fraction of sp³-hybridized carbons (Fsp3) is 0.350. The van der Waals surface area contributed by atoms with Crippen molar-refractivity contribution in [2.45, 2.75) is 19.9 Å². The van der Waals surface area contributed by atoms with Gasteiger partial charge in [0.15, 0.2) is 0 Å². The second-order valence-corrected chi connectivity index (χ2v) is 6.01. The molecule has 27 heavy (non-hydrogen) atoms. The van der Waals surface area contributed by atoms with Gasteiger partial charge in [0.25, 0.3) is 5.69 Å². The zero-order valence-electron chi connectivity index (χ0n) is 15.7. The summed E-state index contributed by atoms with van der Waals surface area (Å²) in [6, 6.07) is 15.7. The van der Waals surface area contributed by atoms with Gasteiger partial charge in [-0.05, 0) is 25.5 Å². The van der Waals surface area contributed by atoms with Gasteiger partial charge in [-0.25, -0.2) is 0 Å². The zero-order chi connectivity index (χ0) is 19.6. The molecule has 7 heteroatoms. The fourth-order valence-electron chi connectivity index (χ4n) is 2.91. The number of para-hydroxylation sites is 2. The monoisotopic (exact) mass is 370 g/mol. The molecule has 144 valence electrons. The summed E-state index contributed by atoms with van der Waals surface area (Å²) in [6.45, 7) is 6.15. The van der Waals surface area contributed by atoms with Crippen LogP contribution in [0.4, 0.5) is 11.4 Å². The molecule has 2 N–H and O–H groups in total. The summed E-state index contributed by atoms with van der Waals surface area (Å²) in [6.07, 6.45) is 0. The zero-order valence-corrected chi connectivity index (χ0v) is 15.7. The van der Waals surface area contributed by atoms with Crippen molar-refractivity contribution >= 4 is 17.3 Å². The smallest absolute Gasteiger partial charge is 0.292 e. The molecule has 0 aliphatic carbocycles. The van der Waals surface area contributed by atoms with Crippen LogP contribution in [0.2, 0.25) is 0 Å². The highest BCUT2D eigenvalue weighted by Crippen LogP contribution is 2.22. The molecule has 0 saturated heterocycles. The molecule has 0 aromatic heterocycles. The van der Waals surface area contributed by atoms with Crippen molar-refractivity contribution in [3.63, 3.8) is 0 Å². The summed E-state index contributed by atoms with van der Waals surface area (Å²) in [5.41, 5.74) is 1.41. The first-order valence-electron chi connectivity index (χ1n) is 9.12. The number of amides is 1. The normalized spacial score (nSPS) is 11.6. The lowest BCUT2D eigenvalue weighted by Gasteiger charge is -2.26. The molecular formula is C20H26N4O3. The molecule has 0 bridgehead atoms. The van der Waals surface area contributed by atoms with Gasteiger partial charge >= 0.3 is 0 Å². The number of carbonyl (C=O) groups excluding carboxylic acids is 1. The molecule has 0 spiro atoms. The van der Waals surface area contributed by atoms with Gasteiger partial charge in [0, 0.05) is 32.2 Å². The Bertz CT molecular complexity index is 748. The van der Waals surface area contributed by atoms with Crippen molar-refractivity contribution < 1.29 is 9.72 Å². The minimum atomic E-state index is -0.446. The Morgan fingerprint density at radius 1 is 1.04 bits per heavy atom. The van der Waals surface area contributed by atoms with Gasteiger partial charge in [-0.1, -0.05) is 42.5 Å². The Morgan fingerprint density at radius 2 is 1.67 bits per heavy atom. The van der Waals surface area contributed by atoms with Crippen molar-refractivity contribution in [1.82, 2.24) is 10.2 Å². The highest BCUT2D eigenvalue weighted by atomic mass is 16.6. The van der Waals surface area contributed by atoms with Gasteiger partial charge in [-0.2, -0.15) is 0 Å². The van der Waals surface area contributed by atoms with Gasteiger partial charge in [0.05, 0.1) is 4.92 Å². The molecule has 1 unspecified atom stereocenters. The number of rotatable bonds is 10. The van der Waals surface area contributed by atoms with Crippen LogP contribution in [-0.2, 0) is 4.79 Å². The van der Waals surface area contributed by atoms with Crippen LogP contribution >= 0.6 is 0 Å². The lowest BCUT2D eigenvalue weighted by molar-refractivity contribution is -0.384. The molecule has 2 rings (SSSR count). The Hall–Kier alpha value is -2.93. The molecular weight excluding hydrogens is 344 g/mol. The van der Waals surface area contributed by atoms with E-state index in [2.05, 4.69) is 10.6 Å². The topological polar surface area (TPSA) is 87.5 Å². The van der Waals surface area contributed by atoms with Crippen LogP contribution in [0.1, 0.15) is 25.5 Å². The molecule has 0 aliphatic rings. The van der Waals surface area contributed by atoms with E-state index in [9.17, 15) is 14.9 Å². The number of likely N-dealkylation sites (N-methyl/N-ethyl adjacent to an activating group) is 1. The summed E-state index contributed by atoms with van der Waals surface area (Å²) < 4.78 is 0. The number of nitrogens with zero attached hydrogens (tertiary/aromatic N) is 2. The molecule has 1 atom stereocenters. The Morgan fingerprint density at radius 3 is 2.30 bits per heavy atom. The van der Waals surface area contributed by atoms with Crippen molar-refractivity contribution in [1.29, 1.82) is 0 Å². The SMILES string of the molecule is CCN(CC)C(=O)C(NCCNc1ccccc1[N+](=O)[O-])c1ccccc1. The second kappa shape index (κ2) is 10.3. The summed E-state index contributed by atoms with van der Waals surface area (Å²) in [7, 11) is 0. The number of benzene rings is 2. The van der Waals surface area contributed by atoms with E-state index in [-0.39, 0.29) is 11.6 Å². The lowest BCUT2D eigenvalue weighted by atomic mass is 10.1. The number of anilines is 1. The first kappa shape index (κ1) is 20.4. The van der Waals surface area contributed by atoms with E-state index in [1.54, 1.807) is 23.1 Å². The maximum Gasteiger partial charge on any atom is 0.292 e. The van der Waals surface area contributed by atoms with Crippen molar-refractivity contribution in [2.75, 3.05) is 31.5 Å². The van der Waals surface area contributed by atoms with E-state index < -0.39 is 11.0 Å². The minimum Gasteiger partial charge on any atom is -0.378 e. The highest BCUT2D eigenvalue weighted by Gasteiger charge is 2.23. The van der Waals surface area contributed by atoms with E-state index >= 15 is 0 Å². The predicted octanol–water partition coefficient (Wildman–Crippen LogP) is 3.21. The first-order chi connectivity index (χ1) is 13.1. The third-order valence-corrected chi connectivity index (χ3v) is 4.34. The average molecular weight is 370 g/mol. The maximum absolute atomic E-state index is 12.9. The minimum absolute atomic E-state index is 0.0249. The molecule has 0 radical (unpaired) electrons. The van der Waals surface area contributed by atoms with Crippen molar-refractivity contribution in [3.05, 3.63) is 70.3 Å². The maximum atomic E-state index is 12.9. The number of carbonyl (C=O) groups is 1. The number of nitro groups is 1. The molecule has 0 fully saturated rings. The fourth-order valence-corrected chi connectivity index (χ4v) is 2.91. The Balaban J connectivity index is 2.02. The number of hydrogen-bond acceptors (Lipinski definition) is 5. The van der Waals surface area contributed by atoms with Crippen LogP contribution in [0.3, 0.4) is 0 Å². The quantitative estimate of drug-likeness (QED) is 0.381. The lowest BCUT2D eigenvalue weighted by Crippen LogP contribution is -2.42. The van der Waals surface area contributed by atoms with Gasteiger partial charge in [0.2, 0.25) is 5.91 Å². The van der Waals surface area contributed by atoms with Gasteiger partial charge in [-0.15, -0.1) is 0 Å². The van der Waals surface area contributed by atoms with E-state index in [0.29, 0.717) is 31.9 Å². The van der Waals surface area contributed by atoms with E-state index in [0.717, 1.165) is 5.56 Å². The van der Waals surface area contributed by atoms with Crippen molar-refractivity contribution in [2.24, 2.45) is 0 Å². The van der Waals surface area contributed by atoms with Gasteiger partial charge < -0.3 is 15.5 Å². The van der Waals surface area contributed by atoms with Crippen LogP contribution in [0, 0.1) is 10.1 Å². The Labute approximate surface area is 159 Å². The van der Waals surface area contributed by atoms with E-state index in [1.807, 2.05) is 44.2 Å². The van der Waals surface area contributed by atoms with Crippen LogP contribution in [-0.4, -0.2) is 41.9 Å². The van der Waals surface area contributed by atoms with Crippen molar-refractivity contribution in [3.8, 4) is 0 Å². The summed E-state index contributed by atoms with van der Waals surface area (Å²) in [5, 5.41) is 17.4. The molecule has 2 aromatic carbocycles. The van der Waals surface area contributed by atoms with Crippen LogP contribution in [0.25, 0.3) is 0 Å². The second-order valence-electron chi connectivity index (χ2n) is 6.01. The summed E-state index contributed by atoms with van der Waals surface area (Å²) in [4.78, 5) is 25.3. The molecule has 2 aromatic rings. The van der Waals surface area contributed by atoms with E-state index in [1.165, 1.54) is 6.07 Å². The molecule has 0 heterocycles. The number of nitrogens with one attached hydrogen (secondary N) is 2. The molecule has 0 saturated carbocycles. The summed E-state index contributed by atoms with van der Waals surface area (Å²) >= 11 is 0. The van der Waals surface area contributed by atoms with Crippen LogP contribution in [0.15, 0.2) is 54.6 Å². The van der Waals surface area contributed by atoms with E-state index in [4.69, 9.17) is 0 Å². The average Bonchev–Trinajstić information content (AvgIpc) is 2.69. The first-order valence-corrected chi connectivity index (χ1v) is 9.12. The van der Waals surface area contributed by atoms with Gasteiger partial charge in [-0.3, -0.25) is 14.9 Å². The standard InChI is InChI=1S/C20H26N4O3/c1-3-23(4-2)20(25)19(16-10-6-5-7-11-16)22-15-14-21-17-12-8-9-13-18(17)24(26)27/h5-13,19,21-22H,3-4,14-15H2,1-2H3. The highest BCUT2D eigenvalue weighted by molar-refractivity contribution is 5.83. The largest absolute Gasteiger partial charge is 0.378 e. The molecule has 0 aliphatic heterocycles. The van der Waals surface area contributed by atoms with Gasteiger partial charge in [0.1, 0.15) is 11.7 Å². The third kappa shape index (κ3) is 5.52.